The van der Waals surface area contributed by atoms with Crippen LogP contribution in [0.1, 0.15) is 18.5 Å². The molecule has 2 aromatic carbocycles. The van der Waals surface area contributed by atoms with Gasteiger partial charge in [-0.3, -0.25) is 10.1 Å². The molecule has 1 atom stereocenters. The number of methoxy groups -OCH3 is 2. The lowest BCUT2D eigenvalue weighted by Crippen LogP contribution is -2.12. The molecule has 0 fully saturated rings. The molecule has 0 aliphatic rings. The molecular formula is C20H20ClN5O4. The van der Waals surface area contributed by atoms with E-state index in [9.17, 15) is 10.1 Å². The maximum absolute atomic E-state index is 11.8. The molecule has 0 saturated carbocycles. The zero-order valence-corrected chi connectivity index (χ0v) is 17.3. The predicted molar refractivity (Wildman–Crippen MR) is 115 cm³/mol. The molecule has 0 bridgehead atoms. The third kappa shape index (κ3) is 4.52. The Morgan fingerprint density at radius 2 is 1.73 bits per heavy atom. The van der Waals surface area contributed by atoms with E-state index in [1.807, 2.05) is 37.3 Å². The number of halogens is 1. The fourth-order valence-electron chi connectivity index (χ4n) is 2.86. The van der Waals surface area contributed by atoms with Crippen molar-refractivity contribution < 1.29 is 14.4 Å². The van der Waals surface area contributed by atoms with E-state index in [-0.39, 0.29) is 23.4 Å². The van der Waals surface area contributed by atoms with Gasteiger partial charge in [-0.25, -0.2) is 9.97 Å². The lowest BCUT2D eigenvalue weighted by molar-refractivity contribution is -0.383. The average Bonchev–Trinajstić information content (AvgIpc) is 2.74. The van der Waals surface area contributed by atoms with E-state index in [1.54, 1.807) is 12.1 Å². The van der Waals surface area contributed by atoms with Gasteiger partial charge in [0.25, 0.3) is 0 Å². The number of aromatic nitrogens is 2. The quantitative estimate of drug-likeness (QED) is 0.381. The zero-order chi connectivity index (χ0) is 21.7. The van der Waals surface area contributed by atoms with Gasteiger partial charge in [-0.2, -0.15) is 0 Å². The highest BCUT2D eigenvalue weighted by Crippen LogP contribution is 2.39. The van der Waals surface area contributed by atoms with Gasteiger partial charge in [0.05, 0.1) is 35.9 Å². The van der Waals surface area contributed by atoms with Gasteiger partial charge in [-0.15, -0.1) is 0 Å². The van der Waals surface area contributed by atoms with Crippen LogP contribution in [0.4, 0.5) is 23.0 Å². The first-order valence-corrected chi connectivity index (χ1v) is 9.31. The van der Waals surface area contributed by atoms with Gasteiger partial charge in [-0.05, 0) is 18.6 Å². The largest absolute Gasteiger partial charge is 0.495 e. The van der Waals surface area contributed by atoms with E-state index in [4.69, 9.17) is 21.1 Å². The highest BCUT2D eigenvalue weighted by Gasteiger charge is 2.25. The maximum Gasteiger partial charge on any atom is 0.353 e. The SMILES string of the molecule is COc1cc(OC)c(Nc2ncnc(NC(C)c3ccccc3)c2[N+](=O)[O-])cc1Cl. The van der Waals surface area contributed by atoms with Gasteiger partial charge in [0.2, 0.25) is 11.6 Å². The summed E-state index contributed by atoms with van der Waals surface area (Å²) in [4.78, 5) is 19.4. The van der Waals surface area contributed by atoms with Crippen LogP contribution in [0.25, 0.3) is 0 Å². The monoisotopic (exact) mass is 429 g/mol. The topological polar surface area (TPSA) is 111 Å². The molecule has 0 aliphatic heterocycles. The Kier molecular flexibility index (Phi) is 6.53. The molecule has 1 heterocycles. The van der Waals surface area contributed by atoms with Crippen molar-refractivity contribution in [1.29, 1.82) is 0 Å². The van der Waals surface area contributed by atoms with E-state index >= 15 is 0 Å². The van der Waals surface area contributed by atoms with Crippen LogP contribution in [-0.2, 0) is 0 Å². The molecule has 0 aliphatic carbocycles. The predicted octanol–water partition coefficient (Wildman–Crippen LogP) is 4.97. The van der Waals surface area contributed by atoms with Crippen LogP contribution in [0.5, 0.6) is 11.5 Å². The third-order valence-corrected chi connectivity index (χ3v) is 4.68. The van der Waals surface area contributed by atoms with Crippen molar-refractivity contribution in [1.82, 2.24) is 9.97 Å². The van der Waals surface area contributed by atoms with Crippen molar-refractivity contribution in [2.75, 3.05) is 24.9 Å². The van der Waals surface area contributed by atoms with Crippen LogP contribution in [0.3, 0.4) is 0 Å². The van der Waals surface area contributed by atoms with Gasteiger partial charge in [0, 0.05) is 6.07 Å². The zero-order valence-electron chi connectivity index (χ0n) is 16.5. The molecule has 3 rings (SSSR count). The summed E-state index contributed by atoms with van der Waals surface area (Å²) < 4.78 is 10.5. The molecule has 0 radical (unpaired) electrons. The van der Waals surface area contributed by atoms with Crippen LogP contribution in [0, 0.1) is 10.1 Å². The highest BCUT2D eigenvalue weighted by atomic mass is 35.5. The van der Waals surface area contributed by atoms with Crippen molar-refractivity contribution in [2.24, 2.45) is 0 Å². The number of nitrogens with one attached hydrogen (secondary N) is 2. The van der Waals surface area contributed by atoms with E-state index < -0.39 is 4.92 Å². The van der Waals surface area contributed by atoms with Gasteiger partial charge in [0.1, 0.15) is 17.8 Å². The summed E-state index contributed by atoms with van der Waals surface area (Å²) in [7, 11) is 2.95. The lowest BCUT2D eigenvalue weighted by Gasteiger charge is -2.17. The Morgan fingerprint density at radius 1 is 1.07 bits per heavy atom. The number of benzene rings is 2. The standard InChI is InChI=1S/C20H20ClN5O4/c1-12(13-7-5-4-6-8-13)24-19-18(26(27)28)20(23-11-22-19)25-15-9-14(21)16(29-2)10-17(15)30-3/h4-12H,1-3H3,(H2,22,23,24,25). The van der Waals surface area contributed by atoms with Gasteiger partial charge in [0.15, 0.2) is 0 Å². The van der Waals surface area contributed by atoms with Crippen LogP contribution >= 0.6 is 11.6 Å². The van der Waals surface area contributed by atoms with Gasteiger partial charge < -0.3 is 20.1 Å². The molecule has 1 aromatic heterocycles. The Morgan fingerprint density at radius 3 is 2.37 bits per heavy atom. The number of nitrogens with zero attached hydrogens (tertiary/aromatic N) is 3. The molecule has 0 spiro atoms. The summed E-state index contributed by atoms with van der Waals surface area (Å²) in [5.74, 6) is 0.886. The first kappa shape index (κ1) is 21.1. The van der Waals surface area contributed by atoms with E-state index in [0.717, 1.165) is 5.56 Å². The number of anilines is 3. The molecule has 10 heteroatoms. The molecule has 3 aromatic rings. The Bertz CT molecular complexity index is 1050. The second kappa shape index (κ2) is 9.27. The number of ether oxygens (including phenoxy) is 2. The minimum atomic E-state index is -0.542. The van der Waals surface area contributed by atoms with Crippen molar-refractivity contribution in [2.45, 2.75) is 13.0 Å². The molecule has 0 saturated heterocycles. The Hall–Kier alpha value is -3.59. The smallest absolute Gasteiger partial charge is 0.353 e. The average molecular weight is 430 g/mol. The molecule has 0 amide bonds. The molecule has 9 nitrogen and oxygen atoms in total. The second-order valence-electron chi connectivity index (χ2n) is 6.27. The van der Waals surface area contributed by atoms with Crippen LogP contribution < -0.4 is 20.1 Å². The van der Waals surface area contributed by atoms with Gasteiger partial charge >= 0.3 is 5.69 Å². The van der Waals surface area contributed by atoms with E-state index in [0.29, 0.717) is 22.2 Å². The fourth-order valence-corrected chi connectivity index (χ4v) is 3.11. The summed E-state index contributed by atoms with van der Waals surface area (Å²) in [6, 6.07) is 12.5. The number of rotatable bonds is 8. The molecule has 30 heavy (non-hydrogen) atoms. The summed E-state index contributed by atoms with van der Waals surface area (Å²) >= 11 is 6.20. The number of hydrogen-bond donors (Lipinski definition) is 2. The van der Waals surface area contributed by atoms with Crippen LogP contribution in [-0.4, -0.2) is 29.1 Å². The molecular weight excluding hydrogens is 410 g/mol. The summed E-state index contributed by atoms with van der Waals surface area (Å²) in [5, 5.41) is 18.2. The summed E-state index contributed by atoms with van der Waals surface area (Å²) in [6.07, 6.45) is 1.24. The van der Waals surface area contributed by atoms with Crippen molar-refractivity contribution in [3.8, 4) is 11.5 Å². The first-order valence-electron chi connectivity index (χ1n) is 8.94. The lowest BCUT2D eigenvalue weighted by atomic mass is 10.1. The van der Waals surface area contributed by atoms with Crippen molar-refractivity contribution >= 4 is 34.6 Å². The fraction of sp³-hybridized carbons (Fsp3) is 0.200. The minimum absolute atomic E-state index is 0.00250. The summed E-state index contributed by atoms with van der Waals surface area (Å²) in [5.41, 5.74) is 1.06. The number of hydrogen-bond acceptors (Lipinski definition) is 8. The molecule has 1 unspecified atom stereocenters. The summed E-state index contributed by atoms with van der Waals surface area (Å²) in [6.45, 7) is 1.89. The third-order valence-electron chi connectivity index (χ3n) is 4.38. The number of nitro groups is 1. The Labute approximate surface area is 178 Å². The highest BCUT2D eigenvalue weighted by molar-refractivity contribution is 6.32. The maximum atomic E-state index is 11.8. The van der Waals surface area contributed by atoms with Crippen LogP contribution in [0.2, 0.25) is 5.02 Å². The first-order chi connectivity index (χ1) is 14.4. The van der Waals surface area contributed by atoms with Crippen molar-refractivity contribution in [3.05, 3.63) is 69.5 Å². The van der Waals surface area contributed by atoms with E-state index in [1.165, 1.54) is 20.5 Å². The normalized spacial score (nSPS) is 11.5. The molecule has 2 N–H and O–H groups in total. The van der Waals surface area contributed by atoms with E-state index in [2.05, 4.69) is 20.6 Å². The second-order valence-corrected chi connectivity index (χ2v) is 6.67. The van der Waals surface area contributed by atoms with Crippen molar-refractivity contribution in [3.63, 3.8) is 0 Å². The Balaban J connectivity index is 1.98. The van der Waals surface area contributed by atoms with Crippen LogP contribution in [0.15, 0.2) is 48.8 Å². The molecule has 156 valence electrons. The minimum Gasteiger partial charge on any atom is -0.495 e. The van der Waals surface area contributed by atoms with Gasteiger partial charge in [-0.1, -0.05) is 41.9 Å².